The highest BCUT2D eigenvalue weighted by Gasteiger charge is 2.22. The summed E-state index contributed by atoms with van der Waals surface area (Å²) in [4.78, 5) is 10.9. The maximum Gasteiger partial charge on any atom is 0.337 e. The molecule has 0 radical (unpaired) electrons. The fraction of sp³-hybridized carbons (Fsp3) is 0.200. The lowest BCUT2D eigenvalue weighted by atomic mass is 9.96. The summed E-state index contributed by atoms with van der Waals surface area (Å²) < 4.78 is 25.0. The van der Waals surface area contributed by atoms with Crippen LogP contribution in [0.15, 0.2) is 12.1 Å². The zero-order valence-electron chi connectivity index (χ0n) is 8.08. The molecule has 0 spiro atoms. The van der Waals surface area contributed by atoms with E-state index in [0.717, 1.165) is 6.07 Å². The van der Waals surface area contributed by atoms with Crippen molar-refractivity contribution >= 4 is 5.97 Å². The lowest BCUT2D eigenvalue weighted by Crippen LogP contribution is -2.11. The van der Waals surface area contributed by atoms with Crippen LogP contribution >= 0.6 is 0 Å². The quantitative estimate of drug-likeness (QED) is 0.820. The molecule has 0 aliphatic rings. The molecule has 84 valence electrons. The summed E-state index contributed by atoms with van der Waals surface area (Å²) in [5.74, 6) is -1.43. The van der Waals surface area contributed by atoms with E-state index >= 15 is 0 Å². The van der Waals surface area contributed by atoms with Crippen molar-refractivity contribution in [2.75, 3.05) is 0 Å². The molecule has 0 unspecified atom stereocenters. The Hall–Kier alpha value is -2.00. The van der Waals surface area contributed by atoms with E-state index in [-0.39, 0.29) is 12.1 Å². The standard InChI is InChI=1S/C10H8F2N2O2/c11-9(12)6-2-1-5(3-13)8(10(15)16)7(6)4-14/h1-2,9H,3,13H2,(H,15,16). The zero-order chi connectivity index (χ0) is 12.3. The lowest BCUT2D eigenvalue weighted by molar-refractivity contribution is 0.0695. The second kappa shape index (κ2) is 4.68. The van der Waals surface area contributed by atoms with E-state index in [2.05, 4.69) is 0 Å². The predicted octanol–water partition coefficient (Wildman–Crippen LogP) is 1.65. The minimum absolute atomic E-state index is 0.125. The van der Waals surface area contributed by atoms with Gasteiger partial charge in [-0.3, -0.25) is 0 Å². The fourth-order valence-electron chi connectivity index (χ4n) is 1.38. The number of carbonyl (C=O) groups is 1. The number of nitrogens with zero attached hydrogens (tertiary/aromatic N) is 1. The number of benzene rings is 1. The topological polar surface area (TPSA) is 87.1 Å². The van der Waals surface area contributed by atoms with Gasteiger partial charge in [-0.2, -0.15) is 5.26 Å². The van der Waals surface area contributed by atoms with Crippen LogP contribution in [-0.2, 0) is 6.54 Å². The van der Waals surface area contributed by atoms with Crippen LogP contribution in [0, 0.1) is 11.3 Å². The average molecular weight is 226 g/mol. The Morgan fingerprint density at radius 2 is 2.19 bits per heavy atom. The first-order valence-corrected chi connectivity index (χ1v) is 4.30. The Morgan fingerprint density at radius 1 is 1.56 bits per heavy atom. The number of hydrogen-bond acceptors (Lipinski definition) is 3. The van der Waals surface area contributed by atoms with Gasteiger partial charge in [-0.25, -0.2) is 13.6 Å². The van der Waals surface area contributed by atoms with Crippen LogP contribution < -0.4 is 5.73 Å². The van der Waals surface area contributed by atoms with E-state index in [9.17, 15) is 13.6 Å². The Labute approximate surface area is 89.9 Å². The molecule has 1 aromatic rings. The van der Waals surface area contributed by atoms with Crippen molar-refractivity contribution in [1.82, 2.24) is 0 Å². The van der Waals surface area contributed by atoms with Crippen molar-refractivity contribution in [3.05, 3.63) is 34.4 Å². The van der Waals surface area contributed by atoms with Crippen LogP contribution in [0.4, 0.5) is 8.78 Å². The summed E-state index contributed by atoms with van der Waals surface area (Å²) in [6, 6.07) is 3.71. The fourth-order valence-corrected chi connectivity index (χ4v) is 1.38. The van der Waals surface area contributed by atoms with Crippen LogP contribution in [0.2, 0.25) is 0 Å². The molecule has 0 amide bonds. The maximum absolute atomic E-state index is 12.5. The molecule has 16 heavy (non-hydrogen) atoms. The molecule has 0 atom stereocenters. The first-order chi connectivity index (χ1) is 7.52. The van der Waals surface area contributed by atoms with Crippen LogP contribution in [0.3, 0.4) is 0 Å². The van der Waals surface area contributed by atoms with E-state index < -0.39 is 29.1 Å². The Morgan fingerprint density at radius 3 is 2.56 bits per heavy atom. The molecule has 1 aromatic carbocycles. The summed E-state index contributed by atoms with van der Waals surface area (Å²) in [6.07, 6.45) is -2.89. The number of hydrogen-bond donors (Lipinski definition) is 2. The van der Waals surface area contributed by atoms with E-state index in [1.165, 1.54) is 12.1 Å². The van der Waals surface area contributed by atoms with E-state index in [1.807, 2.05) is 0 Å². The van der Waals surface area contributed by atoms with Crippen molar-refractivity contribution in [1.29, 1.82) is 5.26 Å². The highest BCUT2D eigenvalue weighted by Crippen LogP contribution is 2.27. The second-order valence-electron chi connectivity index (χ2n) is 2.99. The normalized spacial score (nSPS) is 10.2. The van der Waals surface area contributed by atoms with E-state index in [1.54, 1.807) is 0 Å². The molecule has 0 fully saturated rings. The number of halogens is 2. The summed E-state index contributed by atoms with van der Waals surface area (Å²) in [7, 11) is 0. The molecule has 0 aromatic heterocycles. The second-order valence-corrected chi connectivity index (χ2v) is 2.99. The van der Waals surface area contributed by atoms with Gasteiger partial charge in [0.2, 0.25) is 0 Å². The molecule has 0 aliphatic carbocycles. The van der Waals surface area contributed by atoms with Crippen molar-refractivity contribution in [2.45, 2.75) is 13.0 Å². The van der Waals surface area contributed by atoms with E-state index in [4.69, 9.17) is 16.1 Å². The Balaban J connectivity index is 3.58. The third-order valence-corrected chi connectivity index (χ3v) is 2.10. The largest absolute Gasteiger partial charge is 0.478 e. The summed E-state index contributed by atoms with van der Waals surface area (Å²) >= 11 is 0. The first-order valence-electron chi connectivity index (χ1n) is 4.30. The number of nitriles is 1. The van der Waals surface area contributed by atoms with Crippen LogP contribution in [0.1, 0.15) is 33.5 Å². The van der Waals surface area contributed by atoms with Gasteiger partial charge in [-0.05, 0) is 5.56 Å². The molecule has 0 aliphatic heterocycles. The van der Waals surface area contributed by atoms with Crippen molar-refractivity contribution in [3.63, 3.8) is 0 Å². The van der Waals surface area contributed by atoms with Gasteiger partial charge in [0.05, 0.1) is 11.1 Å². The Bertz CT molecular complexity index is 467. The molecule has 0 bridgehead atoms. The number of nitrogens with two attached hydrogens (primary N) is 1. The zero-order valence-corrected chi connectivity index (χ0v) is 8.08. The summed E-state index contributed by atoms with van der Waals surface area (Å²) in [5.41, 5.74) is 3.89. The number of carboxylic acid groups (broad SMARTS) is 1. The van der Waals surface area contributed by atoms with Crippen molar-refractivity contribution in [3.8, 4) is 6.07 Å². The average Bonchev–Trinajstić information content (AvgIpc) is 2.26. The highest BCUT2D eigenvalue weighted by molar-refractivity contribution is 5.93. The summed E-state index contributed by atoms with van der Waals surface area (Å²) in [5, 5.41) is 17.6. The molecular formula is C10H8F2N2O2. The van der Waals surface area contributed by atoms with Gasteiger partial charge in [-0.15, -0.1) is 0 Å². The molecule has 4 nitrogen and oxygen atoms in total. The monoisotopic (exact) mass is 226 g/mol. The predicted molar refractivity (Wildman–Crippen MR) is 51.0 cm³/mol. The van der Waals surface area contributed by atoms with Gasteiger partial charge < -0.3 is 10.8 Å². The minimum Gasteiger partial charge on any atom is -0.478 e. The molecule has 0 heterocycles. The van der Waals surface area contributed by atoms with Crippen LogP contribution in [0.25, 0.3) is 0 Å². The van der Waals surface area contributed by atoms with E-state index in [0.29, 0.717) is 0 Å². The van der Waals surface area contributed by atoms with Crippen molar-refractivity contribution in [2.24, 2.45) is 5.73 Å². The van der Waals surface area contributed by atoms with Crippen LogP contribution in [-0.4, -0.2) is 11.1 Å². The number of alkyl halides is 2. The number of carboxylic acids is 1. The molecule has 0 saturated carbocycles. The van der Waals surface area contributed by atoms with Gasteiger partial charge in [0.15, 0.2) is 0 Å². The highest BCUT2D eigenvalue weighted by atomic mass is 19.3. The first kappa shape index (κ1) is 12.1. The molecule has 6 heteroatoms. The molecule has 1 rings (SSSR count). The smallest absolute Gasteiger partial charge is 0.337 e. The van der Waals surface area contributed by atoms with Gasteiger partial charge in [0, 0.05) is 12.1 Å². The van der Waals surface area contributed by atoms with Crippen LogP contribution in [0.5, 0.6) is 0 Å². The molecule has 3 N–H and O–H groups in total. The number of rotatable bonds is 3. The third-order valence-electron chi connectivity index (χ3n) is 2.10. The minimum atomic E-state index is -2.89. The summed E-state index contributed by atoms with van der Waals surface area (Å²) in [6.45, 7) is -0.125. The van der Waals surface area contributed by atoms with Gasteiger partial charge in [0.25, 0.3) is 6.43 Å². The van der Waals surface area contributed by atoms with Gasteiger partial charge in [-0.1, -0.05) is 12.1 Å². The SMILES string of the molecule is N#Cc1c(C(F)F)ccc(CN)c1C(=O)O. The molecular weight excluding hydrogens is 218 g/mol. The Kier molecular flexibility index (Phi) is 3.53. The van der Waals surface area contributed by atoms with Gasteiger partial charge in [0.1, 0.15) is 6.07 Å². The number of aromatic carboxylic acids is 1. The van der Waals surface area contributed by atoms with Crippen molar-refractivity contribution < 1.29 is 18.7 Å². The third kappa shape index (κ3) is 1.99. The lowest BCUT2D eigenvalue weighted by Gasteiger charge is -2.09. The maximum atomic E-state index is 12.5. The van der Waals surface area contributed by atoms with Gasteiger partial charge >= 0.3 is 5.97 Å². The molecule has 0 saturated heterocycles.